The summed E-state index contributed by atoms with van der Waals surface area (Å²) in [6, 6.07) is 2.12. The molecule has 0 atom stereocenters. The number of halogens is 1. The van der Waals surface area contributed by atoms with Gasteiger partial charge in [0.15, 0.2) is 0 Å². The average molecular weight is 212 g/mol. The Morgan fingerprint density at radius 1 is 1.64 bits per heavy atom. The first-order valence-electron chi connectivity index (χ1n) is 3.56. The summed E-state index contributed by atoms with van der Waals surface area (Å²) in [5.74, 6) is -0.880. The van der Waals surface area contributed by atoms with Gasteiger partial charge >= 0.3 is 5.69 Å². The van der Waals surface area contributed by atoms with E-state index < -0.39 is 16.4 Å². The molecule has 0 unspecified atom stereocenters. The lowest BCUT2D eigenvalue weighted by molar-refractivity contribution is -0.387. The van der Waals surface area contributed by atoms with Crippen LogP contribution in [0.25, 0.3) is 0 Å². The zero-order valence-corrected chi connectivity index (χ0v) is 7.97. The Hall–Kier alpha value is -1.61. The zero-order valence-electron chi connectivity index (χ0n) is 7.15. The van der Waals surface area contributed by atoms with Gasteiger partial charge in [0.2, 0.25) is 5.82 Å². The molecule has 0 saturated carbocycles. The number of nitro benzene ring substituents is 1. The number of thioether (sulfide) groups is 1. The Balaban J connectivity index is 3.28. The van der Waals surface area contributed by atoms with Gasteiger partial charge in [0.1, 0.15) is 5.40 Å². The van der Waals surface area contributed by atoms with Gasteiger partial charge in [0.25, 0.3) is 0 Å². The quantitative estimate of drug-likeness (QED) is 0.327. The first-order valence-corrected chi connectivity index (χ1v) is 4.38. The van der Waals surface area contributed by atoms with Crippen LogP contribution in [-0.2, 0) is 0 Å². The molecule has 0 N–H and O–H groups in total. The highest BCUT2D eigenvalue weighted by atomic mass is 32.2. The molecular weight excluding hydrogens is 207 g/mol. The number of benzene rings is 1. The topological polar surface area (TPSA) is 66.9 Å². The van der Waals surface area contributed by atoms with Crippen molar-refractivity contribution in [2.75, 3.05) is 0 Å². The van der Waals surface area contributed by atoms with Crippen LogP contribution in [0.4, 0.5) is 10.1 Å². The lowest BCUT2D eigenvalue weighted by Crippen LogP contribution is -1.94. The molecule has 0 spiro atoms. The number of aryl methyl sites for hydroxylation is 1. The van der Waals surface area contributed by atoms with Gasteiger partial charge in [0, 0.05) is 11.0 Å². The molecule has 1 rings (SSSR count). The minimum atomic E-state index is -0.880. The number of hydrogen-bond donors (Lipinski definition) is 0. The SMILES string of the molecule is Cc1cc(F)c([N+](=O)[O-])cc1SC#N. The van der Waals surface area contributed by atoms with Crippen LogP contribution in [0, 0.1) is 33.5 Å². The van der Waals surface area contributed by atoms with Crippen LogP contribution in [-0.4, -0.2) is 4.92 Å². The molecule has 0 aliphatic carbocycles. The van der Waals surface area contributed by atoms with Crippen molar-refractivity contribution in [2.45, 2.75) is 11.8 Å². The Kier molecular flexibility index (Phi) is 3.04. The highest BCUT2D eigenvalue weighted by Crippen LogP contribution is 2.28. The molecule has 6 heteroatoms. The molecule has 0 aliphatic rings. The van der Waals surface area contributed by atoms with E-state index in [0.29, 0.717) is 10.5 Å². The molecule has 0 aromatic heterocycles. The summed E-state index contributed by atoms with van der Waals surface area (Å²) >= 11 is 0.777. The predicted molar refractivity (Wildman–Crippen MR) is 49.3 cm³/mol. The third-order valence-electron chi connectivity index (χ3n) is 1.60. The summed E-state index contributed by atoms with van der Waals surface area (Å²) in [5, 5.41) is 20.5. The predicted octanol–water partition coefficient (Wildman–Crippen LogP) is 2.62. The van der Waals surface area contributed by atoms with Crippen LogP contribution in [0.3, 0.4) is 0 Å². The molecule has 0 bridgehead atoms. The van der Waals surface area contributed by atoms with Crippen molar-refractivity contribution in [3.63, 3.8) is 0 Å². The third kappa shape index (κ3) is 2.00. The van der Waals surface area contributed by atoms with Gasteiger partial charge in [-0.3, -0.25) is 10.1 Å². The first-order chi connectivity index (χ1) is 6.56. The molecule has 14 heavy (non-hydrogen) atoms. The van der Waals surface area contributed by atoms with Crippen molar-refractivity contribution in [1.82, 2.24) is 0 Å². The van der Waals surface area contributed by atoms with E-state index in [1.807, 2.05) is 0 Å². The number of hydrogen-bond acceptors (Lipinski definition) is 4. The monoisotopic (exact) mass is 212 g/mol. The van der Waals surface area contributed by atoms with Crippen molar-refractivity contribution in [1.29, 1.82) is 5.26 Å². The molecule has 0 fully saturated rings. The van der Waals surface area contributed by atoms with Crippen LogP contribution < -0.4 is 0 Å². The molecule has 0 radical (unpaired) electrons. The third-order valence-corrected chi connectivity index (χ3v) is 2.35. The van der Waals surface area contributed by atoms with Gasteiger partial charge in [-0.2, -0.15) is 9.65 Å². The molecule has 4 nitrogen and oxygen atoms in total. The summed E-state index contributed by atoms with van der Waals surface area (Å²) in [6.07, 6.45) is 0. The van der Waals surface area contributed by atoms with E-state index in [9.17, 15) is 14.5 Å². The highest BCUT2D eigenvalue weighted by molar-refractivity contribution is 8.03. The second kappa shape index (κ2) is 4.07. The standard InChI is InChI=1S/C8H5FN2O2S/c1-5-2-6(9)7(11(12)13)3-8(5)14-4-10/h2-3H,1H3. The second-order valence-corrected chi connectivity index (χ2v) is 3.35. The molecular formula is C8H5FN2O2S. The van der Waals surface area contributed by atoms with Crippen molar-refractivity contribution in [3.8, 4) is 5.40 Å². The van der Waals surface area contributed by atoms with Gasteiger partial charge in [-0.25, -0.2) is 0 Å². The van der Waals surface area contributed by atoms with E-state index >= 15 is 0 Å². The highest BCUT2D eigenvalue weighted by Gasteiger charge is 2.16. The van der Waals surface area contributed by atoms with Crippen molar-refractivity contribution >= 4 is 17.4 Å². The maximum absolute atomic E-state index is 13.0. The van der Waals surface area contributed by atoms with Crippen LogP contribution in [0.15, 0.2) is 17.0 Å². The van der Waals surface area contributed by atoms with Gasteiger partial charge in [-0.05, 0) is 30.3 Å². The van der Waals surface area contributed by atoms with E-state index in [1.54, 1.807) is 12.3 Å². The maximum Gasteiger partial charge on any atom is 0.305 e. The fraction of sp³-hybridized carbons (Fsp3) is 0.125. The number of rotatable bonds is 2. The molecule has 1 aromatic rings. The van der Waals surface area contributed by atoms with E-state index in [2.05, 4.69) is 0 Å². The fourth-order valence-corrected chi connectivity index (χ4v) is 1.43. The summed E-state index contributed by atoms with van der Waals surface area (Å²) in [4.78, 5) is 9.96. The molecule has 72 valence electrons. The van der Waals surface area contributed by atoms with Crippen molar-refractivity contribution in [3.05, 3.63) is 33.6 Å². The Morgan fingerprint density at radius 2 is 2.29 bits per heavy atom. The largest absolute Gasteiger partial charge is 0.305 e. The normalized spacial score (nSPS) is 9.50. The van der Waals surface area contributed by atoms with Crippen LogP contribution in [0.5, 0.6) is 0 Å². The minimum Gasteiger partial charge on any atom is -0.258 e. The van der Waals surface area contributed by atoms with Crippen molar-refractivity contribution in [2.24, 2.45) is 0 Å². The fourth-order valence-electron chi connectivity index (χ4n) is 0.941. The molecule has 0 heterocycles. The lowest BCUT2D eigenvalue weighted by Gasteiger charge is -2.00. The number of thiocyanates is 1. The summed E-state index contributed by atoms with van der Waals surface area (Å²) < 4.78 is 13.0. The Bertz CT molecular complexity index is 428. The second-order valence-electron chi connectivity index (χ2n) is 2.52. The number of nitriles is 1. The van der Waals surface area contributed by atoms with Crippen molar-refractivity contribution < 1.29 is 9.31 Å². The van der Waals surface area contributed by atoms with Gasteiger partial charge in [-0.15, -0.1) is 0 Å². The number of nitro groups is 1. The van der Waals surface area contributed by atoms with Crippen LogP contribution >= 0.6 is 11.8 Å². The molecule has 0 aliphatic heterocycles. The lowest BCUT2D eigenvalue weighted by atomic mass is 10.2. The molecule has 0 saturated heterocycles. The minimum absolute atomic E-state index is 0.403. The van der Waals surface area contributed by atoms with Crippen LogP contribution in [0.2, 0.25) is 0 Å². The van der Waals surface area contributed by atoms with E-state index in [4.69, 9.17) is 5.26 Å². The van der Waals surface area contributed by atoms with Crippen LogP contribution in [0.1, 0.15) is 5.56 Å². The first kappa shape index (κ1) is 10.5. The average Bonchev–Trinajstić information content (AvgIpc) is 2.09. The molecule has 0 amide bonds. The smallest absolute Gasteiger partial charge is 0.258 e. The Morgan fingerprint density at radius 3 is 2.79 bits per heavy atom. The summed E-state index contributed by atoms with van der Waals surface area (Å²) in [6.45, 7) is 1.59. The van der Waals surface area contributed by atoms with E-state index in [-0.39, 0.29) is 0 Å². The Labute approximate surface area is 83.5 Å². The number of nitrogens with zero attached hydrogens (tertiary/aromatic N) is 2. The zero-order chi connectivity index (χ0) is 10.7. The van der Waals surface area contributed by atoms with Gasteiger partial charge < -0.3 is 0 Å². The van der Waals surface area contributed by atoms with Gasteiger partial charge in [-0.1, -0.05) is 0 Å². The summed E-state index contributed by atoms with van der Waals surface area (Å²) in [5.41, 5.74) is -0.0898. The molecule has 1 aromatic carbocycles. The van der Waals surface area contributed by atoms with E-state index in [0.717, 1.165) is 23.9 Å². The van der Waals surface area contributed by atoms with Gasteiger partial charge in [0.05, 0.1) is 4.92 Å². The maximum atomic E-state index is 13.0. The summed E-state index contributed by atoms with van der Waals surface area (Å²) in [7, 11) is 0. The van der Waals surface area contributed by atoms with E-state index in [1.165, 1.54) is 0 Å².